The van der Waals surface area contributed by atoms with Crippen LogP contribution in [0, 0.1) is 0 Å². The van der Waals surface area contributed by atoms with Crippen molar-refractivity contribution in [3.05, 3.63) is 27.1 Å². The third-order valence-electron chi connectivity index (χ3n) is 1.22. The van der Waals surface area contributed by atoms with Crippen molar-refractivity contribution >= 4 is 55.5 Å². The summed E-state index contributed by atoms with van der Waals surface area (Å²) in [6, 6.07) is 5.03. The molecule has 2 N–H and O–H groups in total. The summed E-state index contributed by atoms with van der Waals surface area (Å²) in [5, 5.41) is 0.376. The van der Waals surface area contributed by atoms with Crippen molar-refractivity contribution in [2.24, 2.45) is 0 Å². The van der Waals surface area contributed by atoms with Gasteiger partial charge in [0.25, 0.3) is 0 Å². The summed E-state index contributed by atoms with van der Waals surface area (Å²) in [5.74, 6) is 0. The molecule has 66 valence electrons. The third kappa shape index (κ3) is 2.62. The summed E-state index contributed by atoms with van der Waals surface area (Å²) in [4.78, 5) is 18.4. The largest absolute Gasteiger partial charge is 0.342 e. The summed E-state index contributed by atoms with van der Waals surface area (Å²) < 4.78 is 1.48. The molecule has 0 fully saturated rings. The van der Waals surface area contributed by atoms with Gasteiger partial charge in [-0.3, -0.25) is 0 Å². The average molecular weight is 332 g/mol. The molecular weight excluding hydrogens is 327 g/mol. The van der Waals surface area contributed by atoms with Crippen LogP contribution in [0.1, 0.15) is 0 Å². The highest BCUT2D eigenvalue weighted by molar-refractivity contribution is 9.11. The van der Waals surface area contributed by atoms with Gasteiger partial charge in [0.1, 0.15) is 0 Å². The van der Waals surface area contributed by atoms with Crippen LogP contribution in [0.2, 0.25) is 0 Å². The molecule has 0 spiro atoms. The Morgan fingerprint density at radius 3 is 2.25 bits per heavy atom. The maximum Gasteiger partial charge on any atom is 0.215 e. The van der Waals surface area contributed by atoms with E-state index >= 15 is 0 Å². The normalized spacial score (nSPS) is 11.7. The molecule has 1 rings (SSSR count). The van der Waals surface area contributed by atoms with E-state index in [4.69, 9.17) is 0 Å². The lowest BCUT2D eigenvalue weighted by Gasteiger charge is -2.09. The lowest BCUT2D eigenvalue weighted by Crippen LogP contribution is -2.04. The molecule has 1 aromatic carbocycles. The minimum absolute atomic E-state index is 0.376. The molecule has 0 aliphatic heterocycles. The smallest absolute Gasteiger partial charge is 0.215 e. The Kier molecular flexibility index (Phi) is 3.49. The molecule has 0 atom stereocenters. The highest BCUT2D eigenvalue weighted by Crippen LogP contribution is 2.37. The first-order valence-corrected chi connectivity index (χ1v) is 7.22. The second kappa shape index (κ2) is 3.86. The quantitative estimate of drug-likeness (QED) is 0.775. The maximum atomic E-state index is 9.20. The van der Waals surface area contributed by atoms with E-state index in [9.17, 15) is 9.79 Å². The van der Waals surface area contributed by atoms with Crippen molar-refractivity contribution in [3.63, 3.8) is 0 Å². The van der Waals surface area contributed by atoms with Crippen LogP contribution in [-0.2, 0) is 11.8 Å². The van der Waals surface area contributed by atoms with Crippen LogP contribution in [-0.4, -0.2) is 9.79 Å². The SMILES string of the molecule is OP(O)(=S)c1ccc(Br)cc1Br. The molecule has 0 saturated carbocycles. The zero-order valence-electron chi connectivity index (χ0n) is 5.74. The Morgan fingerprint density at radius 2 is 1.83 bits per heavy atom. The monoisotopic (exact) mass is 330 g/mol. The van der Waals surface area contributed by atoms with Crippen molar-refractivity contribution in [2.45, 2.75) is 0 Å². The molecule has 12 heavy (non-hydrogen) atoms. The Bertz CT molecular complexity index is 349. The van der Waals surface area contributed by atoms with Crippen LogP contribution in [0.3, 0.4) is 0 Å². The number of benzene rings is 1. The third-order valence-corrected chi connectivity index (χ3v) is 4.29. The van der Waals surface area contributed by atoms with Crippen LogP contribution >= 0.6 is 38.4 Å². The fourth-order valence-electron chi connectivity index (χ4n) is 0.717. The van der Waals surface area contributed by atoms with Gasteiger partial charge in [0.15, 0.2) is 0 Å². The maximum absolute atomic E-state index is 9.20. The van der Waals surface area contributed by atoms with Gasteiger partial charge < -0.3 is 9.79 Å². The molecule has 0 aliphatic carbocycles. The lowest BCUT2D eigenvalue weighted by atomic mass is 10.4. The summed E-state index contributed by atoms with van der Waals surface area (Å²) in [5.41, 5.74) is 0. The molecule has 0 bridgehead atoms. The van der Waals surface area contributed by atoms with Crippen molar-refractivity contribution in [1.29, 1.82) is 0 Å². The molecule has 0 heterocycles. The van der Waals surface area contributed by atoms with E-state index in [2.05, 4.69) is 43.7 Å². The molecule has 0 aromatic heterocycles. The van der Waals surface area contributed by atoms with Gasteiger partial charge in [0.2, 0.25) is 6.49 Å². The Hall–Kier alpha value is 0.750. The fraction of sp³-hybridized carbons (Fsp3) is 0. The number of hydrogen-bond acceptors (Lipinski definition) is 1. The van der Waals surface area contributed by atoms with Crippen LogP contribution < -0.4 is 5.30 Å². The lowest BCUT2D eigenvalue weighted by molar-refractivity contribution is 0.493. The Balaban J connectivity index is 3.28. The number of halogens is 2. The van der Waals surface area contributed by atoms with Crippen molar-refractivity contribution in [3.8, 4) is 0 Å². The highest BCUT2D eigenvalue weighted by atomic mass is 79.9. The standard InChI is InChI=1S/C6H5Br2O2PS/c7-4-1-2-6(5(8)3-4)11(9,10)12/h1-3H,(H2,9,10,12). The predicted octanol–water partition coefficient (Wildman–Crippen LogP) is 2.13. The summed E-state index contributed by atoms with van der Waals surface area (Å²) >= 11 is 11.0. The topological polar surface area (TPSA) is 40.5 Å². The second-order valence-corrected chi connectivity index (χ2v) is 7.01. The average Bonchev–Trinajstić information content (AvgIpc) is 1.83. The van der Waals surface area contributed by atoms with Gasteiger partial charge in [-0.25, -0.2) is 0 Å². The fourth-order valence-corrected chi connectivity index (χ4v) is 3.95. The van der Waals surface area contributed by atoms with Gasteiger partial charge in [-0.1, -0.05) is 15.9 Å². The van der Waals surface area contributed by atoms with Crippen LogP contribution in [0.25, 0.3) is 0 Å². The van der Waals surface area contributed by atoms with Gasteiger partial charge in [-0.15, -0.1) is 0 Å². The molecule has 1 aromatic rings. The second-order valence-electron chi connectivity index (χ2n) is 2.14. The van der Waals surface area contributed by atoms with E-state index in [0.717, 1.165) is 4.47 Å². The van der Waals surface area contributed by atoms with Crippen LogP contribution in [0.4, 0.5) is 0 Å². The molecular formula is C6H5Br2O2PS. The molecule has 2 nitrogen and oxygen atoms in total. The first-order valence-electron chi connectivity index (χ1n) is 2.92. The molecule has 0 radical (unpaired) electrons. The van der Waals surface area contributed by atoms with E-state index in [1.807, 2.05) is 0 Å². The minimum atomic E-state index is -3.31. The Morgan fingerprint density at radius 1 is 1.25 bits per heavy atom. The van der Waals surface area contributed by atoms with Crippen molar-refractivity contribution in [2.75, 3.05) is 0 Å². The van der Waals surface area contributed by atoms with E-state index < -0.39 is 6.49 Å². The summed E-state index contributed by atoms with van der Waals surface area (Å²) in [7, 11) is 0. The van der Waals surface area contributed by atoms with E-state index in [-0.39, 0.29) is 0 Å². The molecule has 0 unspecified atom stereocenters. The number of rotatable bonds is 1. The molecule has 0 amide bonds. The first kappa shape index (κ1) is 10.8. The highest BCUT2D eigenvalue weighted by Gasteiger charge is 2.14. The van der Waals surface area contributed by atoms with E-state index in [1.165, 1.54) is 0 Å². The van der Waals surface area contributed by atoms with Gasteiger partial charge in [0, 0.05) is 14.2 Å². The predicted molar refractivity (Wildman–Crippen MR) is 60.2 cm³/mol. The summed E-state index contributed by atoms with van der Waals surface area (Å²) in [6.45, 7) is -3.31. The van der Waals surface area contributed by atoms with E-state index in [0.29, 0.717) is 9.78 Å². The molecule has 6 heteroatoms. The van der Waals surface area contributed by atoms with Crippen molar-refractivity contribution in [1.82, 2.24) is 0 Å². The first-order chi connectivity index (χ1) is 5.41. The van der Waals surface area contributed by atoms with Crippen LogP contribution in [0.15, 0.2) is 27.1 Å². The van der Waals surface area contributed by atoms with Gasteiger partial charge >= 0.3 is 0 Å². The molecule has 0 aliphatic rings. The van der Waals surface area contributed by atoms with E-state index in [1.54, 1.807) is 18.2 Å². The van der Waals surface area contributed by atoms with Gasteiger partial charge in [-0.2, -0.15) is 0 Å². The van der Waals surface area contributed by atoms with Crippen LogP contribution in [0.5, 0.6) is 0 Å². The Labute approximate surface area is 92.0 Å². The van der Waals surface area contributed by atoms with Crippen molar-refractivity contribution < 1.29 is 9.79 Å². The number of hydrogen-bond donors (Lipinski definition) is 2. The van der Waals surface area contributed by atoms with Gasteiger partial charge in [0.05, 0.1) is 0 Å². The van der Waals surface area contributed by atoms with Gasteiger partial charge in [-0.05, 0) is 45.9 Å². The zero-order valence-corrected chi connectivity index (χ0v) is 10.6. The summed E-state index contributed by atoms with van der Waals surface area (Å²) in [6.07, 6.45) is 0. The minimum Gasteiger partial charge on any atom is -0.342 e. The zero-order chi connectivity index (χ0) is 9.35. The molecule has 0 saturated heterocycles.